The van der Waals surface area contributed by atoms with Crippen molar-refractivity contribution in [3.05, 3.63) is 82.4 Å². The van der Waals surface area contributed by atoms with Crippen molar-refractivity contribution in [3.63, 3.8) is 0 Å². The first-order valence-electron chi connectivity index (χ1n) is 12.8. The summed E-state index contributed by atoms with van der Waals surface area (Å²) in [6, 6.07) is 13.1. The average Bonchev–Trinajstić information content (AvgIpc) is 3.30. The lowest BCUT2D eigenvalue weighted by Gasteiger charge is -2.40. The normalized spacial score (nSPS) is 13.5. The molecule has 16 heteroatoms. The molecule has 0 saturated carbocycles. The van der Waals surface area contributed by atoms with Gasteiger partial charge in [-0.05, 0) is 71.6 Å². The molecular weight excluding hydrogens is 632 g/mol. The third-order valence-electron chi connectivity index (χ3n) is 6.74. The predicted molar refractivity (Wildman–Crippen MR) is 147 cm³/mol. The van der Waals surface area contributed by atoms with Crippen molar-refractivity contribution in [2.24, 2.45) is 5.41 Å². The molecule has 0 spiro atoms. The van der Waals surface area contributed by atoms with Crippen LogP contribution in [0.1, 0.15) is 47.1 Å². The highest BCUT2D eigenvalue weighted by atomic mass is 35.5. The number of fused-ring (bicyclic) bond motifs is 1. The summed E-state index contributed by atoms with van der Waals surface area (Å²) in [7, 11) is 0. The fourth-order valence-corrected chi connectivity index (χ4v) is 4.69. The van der Waals surface area contributed by atoms with Crippen LogP contribution >= 0.6 is 11.6 Å². The van der Waals surface area contributed by atoms with Crippen LogP contribution in [0.3, 0.4) is 0 Å². The Bertz CT molecular complexity index is 1790. The van der Waals surface area contributed by atoms with Crippen LogP contribution in [0.15, 0.2) is 60.7 Å². The van der Waals surface area contributed by atoms with Crippen LogP contribution in [-0.4, -0.2) is 39.5 Å². The number of imide groups is 1. The maximum atomic E-state index is 13.5. The maximum absolute atomic E-state index is 13.5. The molecule has 0 fully saturated rings. The monoisotopic (exact) mass is 653 g/mol. The zero-order valence-corrected chi connectivity index (χ0v) is 24.3. The summed E-state index contributed by atoms with van der Waals surface area (Å²) in [6.07, 6.45) is -10.1. The van der Waals surface area contributed by atoms with Crippen molar-refractivity contribution in [1.29, 1.82) is 5.26 Å². The molecule has 236 valence electrons. The Morgan fingerprint density at radius 2 is 1.42 bits per heavy atom. The second kappa shape index (κ2) is 11.9. The van der Waals surface area contributed by atoms with Gasteiger partial charge >= 0.3 is 12.7 Å². The summed E-state index contributed by atoms with van der Waals surface area (Å²) in [5.74, 6) is -3.51. The zero-order valence-electron chi connectivity index (χ0n) is 23.5. The molecule has 4 rings (SSSR count). The molecule has 2 amide bonds. The number of aromatic nitrogens is 3. The smallest absolute Gasteiger partial charge is 0.406 e. The van der Waals surface area contributed by atoms with E-state index in [0.717, 1.165) is 47.3 Å². The first-order valence-corrected chi connectivity index (χ1v) is 13.2. The number of nitrogens with one attached hydrogen (secondary N) is 1. The summed E-state index contributed by atoms with van der Waals surface area (Å²) >= 11 is 6.04. The number of amides is 2. The Kier molecular flexibility index (Phi) is 8.76. The Morgan fingerprint density at radius 3 is 2.00 bits per heavy atom. The number of ether oxygens (including phenoxy) is 2. The molecule has 3 aromatic carbocycles. The number of alkyl halides is 6. The highest BCUT2D eigenvalue weighted by Gasteiger charge is 2.48. The molecule has 1 N–H and O–H groups in total. The maximum Gasteiger partial charge on any atom is 0.573 e. The number of rotatable bonds is 7. The standard InChI is InChI=1S/C29H22ClF6N5O4/c1-26(2,3)27(14-37,15-41-39-22-11-6-17(30)12-23(22)40-41)21-13-19(45-29(34,35)36)9-10-20(21)25(43)38-24(42)16-4-7-18(8-5-16)44-28(31,32)33/h4-13H,15H2,1-3H3,(H,38,42,43). The number of nitriles is 1. The van der Waals surface area contributed by atoms with E-state index in [1.165, 1.54) is 6.07 Å². The van der Waals surface area contributed by atoms with Gasteiger partial charge < -0.3 is 9.47 Å². The Morgan fingerprint density at radius 1 is 0.844 bits per heavy atom. The number of hydrogen-bond acceptors (Lipinski definition) is 7. The summed E-state index contributed by atoms with van der Waals surface area (Å²) in [5, 5.41) is 21.8. The largest absolute Gasteiger partial charge is 0.573 e. The fourth-order valence-electron chi connectivity index (χ4n) is 4.53. The molecule has 0 bridgehead atoms. The van der Waals surface area contributed by atoms with E-state index in [-0.39, 0.29) is 23.2 Å². The van der Waals surface area contributed by atoms with Crippen LogP contribution < -0.4 is 14.8 Å². The molecule has 4 aromatic rings. The summed E-state index contributed by atoms with van der Waals surface area (Å²) < 4.78 is 84.9. The van der Waals surface area contributed by atoms with Gasteiger partial charge in [0.05, 0.1) is 12.6 Å². The first-order chi connectivity index (χ1) is 20.8. The lowest BCUT2D eigenvalue weighted by atomic mass is 9.62. The predicted octanol–water partition coefficient (Wildman–Crippen LogP) is 6.96. The highest BCUT2D eigenvalue weighted by Crippen LogP contribution is 2.45. The van der Waals surface area contributed by atoms with Crippen LogP contribution in [0.4, 0.5) is 26.3 Å². The molecule has 0 aliphatic heterocycles. The molecule has 9 nitrogen and oxygen atoms in total. The lowest BCUT2D eigenvalue weighted by Crippen LogP contribution is -2.45. The average molecular weight is 654 g/mol. The van der Waals surface area contributed by atoms with Gasteiger partial charge in [-0.1, -0.05) is 32.4 Å². The molecule has 0 radical (unpaired) electrons. The van der Waals surface area contributed by atoms with Crippen molar-refractivity contribution in [2.45, 2.75) is 45.5 Å². The van der Waals surface area contributed by atoms with E-state index >= 15 is 0 Å². The van der Waals surface area contributed by atoms with E-state index in [0.29, 0.717) is 16.1 Å². The minimum absolute atomic E-state index is 0.232. The number of hydrogen-bond donors (Lipinski definition) is 1. The third-order valence-corrected chi connectivity index (χ3v) is 6.97. The Hall–Kier alpha value is -4.84. The van der Waals surface area contributed by atoms with Gasteiger partial charge in [0.2, 0.25) is 0 Å². The van der Waals surface area contributed by atoms with Gasteiger partial charge in [-0.2, -0.15) is 20.3 Å². The molecule has 1 unspecified atom stereocenters. The van der Waals surface area contributed by atoms with Crippen LogP contribution in [0.5, 0.6) is 11.5 Å². The van der Waals surface area contributed by atoms with E-state index in [1.807, 2.05) is 0 Å². The van der Waals surface area contributed by atoms with Crippen molar-refractivity contribution in [2.75, 3.05) is 0 Å². The fraction of sp³-hybridized carbons (Fsp3) is 0.276. The molecule has 1 aromatic heterocycles. The van der Waals surface area contributed by atoms with Crippen LogP contribution in [0, 0.1) is 16.7 Å². The quantitative estimate of drug-likeness (QED) is 0.169. The highest BCUT2D eigenvalue weighted by molar-refractivity contribution is 6.31. The topological polar surface area (TPSA) is 119 Å². The lowest BCUT2D eigenvalue weighted by molar-refractivity contribution is -0.275. The SMILES string of the molecule is CC(C)(C)C(C#N)(Cn1nc2ccc(Cl)cc2n1)c1cc(OC(F)(F)F)ccc1C(=O)NC(=O)c1ccc(OC(F)(F)F)cc1. The van der Waals surface area contributed by atoms with E-state index in [2.05, 4.69) is 31.1 Å². The van der Waals surface area contributed by atoms with Gasteiger partial charge in [-0.3, -0.25) is 14.9 Å². The molecule has 0 aliphatic rings. The van der Waals surface area contributed by atoms with Gasteiger partial charge in [-0.15, -0.1) is 26.3 Å². The minimum atomic E-state index is -5.11. The number of nitrogens with zero attached hydrogens (tertiary/aromatic N) is 4. The van der Waals surface area contributed by atoms with Gasteiger partial charge in [0.15, 0.2) is 0 Å². The van der Waals surface area contributed by atoms with Gasteiger partial charge in [-0.25, -0.2) is 0 Å². The molecule has 1 heterocycles. The van der Waals surface area contributed by atoms with Crippen LogP contribution in [-0.2, 0) is 12.0 Å². The van der Waals surface area contributed by atoms with Crippen molar-refractivity contribution in [3.8, 4) is 17.6 Å². The molecule has 0 saturated heterocycles. The van der Waals surface area contributed by atoms with Crippen molar-refractivity contribution in [1.82, 2.24) is 20.3 Å². The van der Waals surface area contributed by atoms with Crippen LogP contribution in [0.2, 0.25) is 5.02 Å². The summed E-state index contributed by atoms with van der Waals surface area (Å²) in [6.45, 7) is 4.49. The second-order valence-corrected chi connectivity index (χ2v) is 11.2. The molecule has 1 atom stereocenters. The Labute approximate surface area is 256 Å². The number of halogens is 7. The van der Waals surface area contributed by atoms with E-state index in [4.69, 9.17) is 11.6 Å². The summed E-state index contributed by atoms with van der Waals surface area (Å²) in [5.41, 5.74) is -2.97. The van der Waals surface area contributed by atoms with Gasteiger partial charge in [0, 0.05) is 16.1 Å². The van der Waals surface area contributed by atoms with Crippen LogP contribution in [0.25, 0.3) is 11.0 Å². The van der Waals surface area contributed by atoms with Gasteiger partial charge in [0.1, 0.15) is 27.9 Å². The molecule has 0 aliphatic carbocycles. The zero-order chi connectivity index (χ0) is 33.4. The summed E-state index contributed by atoms with van der Waals surface area (Å²) in [4.78, 5) is 27.5. The number of carbonyl (C=O) groups excluding carboxylic acids is 2. The number of benzene rings is 3. The third kappa shape index (κ3) is 7.63. The van der Waals surface area contributed by atoms with Crippen molar-refractivity contribution >= 4 is 34.4 Å². The molecular formula is C29H22ClF6N5O4. The van der Waals surface area contributed by atoms with E-state index in [1.54, 1.807) is 32.9 Å². The Balaban J connectivity index is 1.78. The molecule has 45 heavy (non-hydrogen) atoms. The van der Waals surface area contributed by atoms with Crippen molar-refractivity contribution < 1.29 is 45.4 Å². The van der Waals surface area contributed by atoms with E-state index in [9.17, 15) is 41.2 Å². The minimum Gasteiger partial charge on any atom is -0.406 e. The second-order valence-electron chi connectivity index (χ2n) is 10.7. The van der Waals surface area contributed by atoms with E-state index < -0.39 is 46.9 Å². The first kappa shape index (κ1) is 33.1. The number of carbonyl (C=O) groups is 2. The van der Waals surface area contributed by atoms with Gasteiger partial charge in [0.25, 0.3) is 11.8 Å².